The maximum Gasteiger partial charge on any atom is 0.271 e. The van der Waals surface area contributed by atoms with E-state index in [1.54, 1.807) is 29.8 Å². The Balaban J connectivity index is 1.53. The molecule has 7 nitrogen and oxygen atoms in total. The molecule has 0 N–H and O–H groups in total. The lowest BCUT2D eigenvalue weighted by Gasteiger charge is -2.27. The van der Waals surface area contributed by atoms with E-state index in [0.717, 1.165) is 21.7 Å². The van der Waals surface area contributed by atoms with Gasteiger partial charge < -0.3 is 4.74 Å². The second kappa shape index (κ2) is 12.5. The van der Waals surface area contributed by atoms with E-state index in [0.29, 0.717) is 39.0 Å². The molecule has 2 amide bonds. The van der Waals surface area contributed by atoms with E-state index in [1.165, 1.54) is 0 Å². The summed E-state index contributed by atoms with van der Waals surface area (Å²) in [7, 11) is 0. The van der Waals surface area contributed by atoms with Gasteiger partial charge >= 0.3 is 0 Å². The molecule has 9 heteroatoms. The molecule has 3 aromatic carbocycles. The molecule has 1 aromatic heterocycles. The van der Waals surface area contributed by atoms with Crippen molar-refractivity contribution in [2.24, 2.45) is 0 Å². The van der Waals surface area contributed by atoms with E-state index >= 15 is 0 Å². The first-order valence-electron chi connectivity index (χ1n) is 13.3. The maximum absolute atomic E-state index is 13.4. The largest absolute Gasteiger partial charge is 0.489 e. The van der Waals surface area contributed by atoms with Gasteiger partial charge in [0, 0.05) is 45.1 Å². The Labute approximate surface area is 253 Å². The molecule has 5 rings (SSSR count). The van der Waals surface area contributed by atoms with Crippen LogP contribution in [0.4, 0.5) is 0 Å². The zero-order chi connectivity index (χ0) is 29.8. The molecule has 1 aliphatic rings. The van der Waals surface area contributed by atoms with Crippen molar-refractivity contribution < 1.29 is 14.3 Å². The summed E-state index contributed by atoms with van der Waals surface area (Å²) in [5.41, 5.74) is 4.33. The van der Waals surface area contributed by atoms with Crippen LogP contribution in [-0.2, 0) is 16.2 Å². The molecule has 0 bridgehead atoms. The number of nitrogens with zero attached hydrogens (tertiary/aromatic N) is 4. The summed E-state index contributed by atoms with van der Waals surface area (Å²) >= 11 is 12.3. The van der Waals surface area contributed by atoms with Gasteiger partial charge in [-0.1, -0.05) is 54.4 Å². The predicted octanol–water partition coefficient (Wildman–Crippen LogP) is 7.43. The maximum atomic E-state index is 13.4. The number of carbonyl (C=O) groups is 2. The Bertz CT molecular complexity index is 1770. The zero-order valence-electron chi connectivity index (χ0n) is 23.0. The van der Waals surface area contributed by atoms with Gasteiger partial charge in [-0.15, -0.1) is 0 Å². The topological polar surface area (TPSA) is 88.2 Å². The third-order valence-electron chi connectivity index (χ3n) is 6.87. The summed E-state index contributed by atoms with van der Waals surface area (Å²) in [5, 5.41) is 15.6. The van der Waals surface area contributed by atoms with Crippen LogP contribution in [0.1, 0.15) is 31.4 Å². The number of hydrogen-bond acceptors (Lipinski definition) is 5. The molecule has 1 aliphatic heterocycles. The Morgan fingerprint density at radius 2 is 1.74 bits per heavy atom. The van der Waals surface area contributed by atoms with Crippen LogP contribution in [-0.4, -0.2) is 33.0 Å². The molecule has 0 saturated carbocycles. The summed E-state index contributed by atoms with van der Waals surface area (Å²) in [6.07, 6.45) is 4.12. The van der Waals surface area contributed by atoms with Gasteiger partial charge in [-0.3, -0.25) is 14.5 Å². The van der Waals surface area contributed by atoms with Crippen molar-refractivity contribution in [2.45, 2.75) is 26.9 Å². The molecule has 210 valence electrons. The van der Waals surface area contributed by atoms with Crippen molar-refractivity contribution in [1.29, 1.82) is 5.26 Å². The van der Waals surface area contributed by atoms with Gasteiger partial charge in [-0.2, -0.15) is 10.4 Å². The van der Waals surface area contributed by atoms with Gasteiger partial charge in [0.1, 0.15) is 24.0 Å². The first kappa shape index (κ1) is 28.9. The molecular weight excluding hydrogens is 571 g/mol. The quantitative estimate of drug-likeness (QED) is 0.156. The normalized spacial score (nSPS) is 14.5. The SMILES string of the molecule is CCCN1C(=O)C(C#N)=C(C)/C(=C\c2cn(-c3ccccc3)nc2-c2ccc(OCc3ccc(Cl)cc3Cl)cc2)C1=O. The van der Waals surface area contributed by atoms with Gasteiger partial charge in [-0.05, 0) is 73.5 Å². The van der Waals surface area contributed by atoms with Gasteiger partial charge in [-0.25, -0.2) is 4.68 Å². The van der Waals surface area contributed by atoms with Gasteiger partial charge in [0.2, 0.25) is 0 Å². The summed E-state index contributed by atoms with van der Waals surface area (Å²) in [4.78, 5) is 27.4. The second-order valence-corrected chi connectivity index (χ2v) is 10.5. The second-order valence-electron chi connectivity index (χ2n) is 9.69. The summed E-state index contributed by atoms with van der Waals surface area (Å²) < 4.78 is 7.68. The Morgan fingerprint density at radius 3 is 2.40 bits per heavy atom. The van der Waals surface area contributed by atoms with Crippen molar-refractivity contribution in [2.75, 3.05) is 6.54 Å². The number of hydrogen-bond donors (Lipinski definition) is 0. The van der Waals surface area contributed by atoms with E-state index in [2.05, 4.69) is 0 Å². The Hall–Kier alpha value is -4.64. The van der Waals surface area contributed by atoms with Gasteiger partial charge in [0.05, 0.1) is 11.4 Å². The van der Waals surface area contributed by atoms with Crippen LogP contribution < -0.4 is 4.74 Å². The van der Waals surface area contributed by atoms with Crippen molar-refractivity contribution in [3.63, 3.8) is 0 Å². The molecular formula is C33H26Cl2N4O3. The first-order valence-corrected chi connectivity index (χ1v) is 14.1. The molecule has 2 heterocycles. The van der Waals surface area contributed by atoms with E-state index in [1.807, 2.05) is 79.9 Å². The highest BCUT2D eigenvalue weighted by molar-refractivity contribution is 6.35. The third-order valence-corrected chi connectivity index (χ3v) is 7.46. The minimum Gasteiger partial charge on any atom is -0.489 e. The van der Waals surface area contributed by atoms with Crippen molar-refractivity contribution >= 4 is 41.1 Å². The number of imide groups is 1. The molecule has 0 fully saturated rings. The Kier molecular flexibility index (Phi) is 8.58. The number of para-hydroxylation sites is 1. The lowest BCUT2D eigenvalue weighted by atomic mass is 9.93. The van der Waals surface area contributed by atoms with E-state index in [4.69, 9.17) is 33.0 Å². The monoisotopic (exact) mass is 596 g/mol. The molecule has 0 radical (unpaired) electrons. The van der Waals surface area contributed by atoms with Gasteiger partial charge in [0.25, 0.3) is 11.8 Å². The average Bonchev–Trinajstić information content (AvgIpc) is 3.42. The number of amides is 2. The molecule has 4 aromatic rings. The van der Waals surface area contributed by atoms with Crippen LogP contribution in [0, 0.1) is 11.3 Å². The third kappa shape index (κ3) is 5.87. The smallest absolute Gasteiger partial charge is 0.271 e. The number of ether oxygens (including phenoxy) is 1. The molecule has 0 atom stereocenters. The van der Waals surface area contributed by atoms with Crippen molar-refractivity contribution in [3.05, 3.63) is 117 Å². The fraction of sp³-hybridized carbons (Fsp3) is 0.152. The average molecular weight is 598 g/mol. The van der Waals surface area contributed by atoms with Crippen LogP contribution in [0.2, 0.25) is 10.0 Å². The number of halogens is 2. The minimum atomic E-state index is -0.560. The molecule has 42 heavy (non-hydrogen) atoms. The zero-order valence-corrected chi connectivity index (χ0v) is 24.5. The number of rotatable bonds is 8. The van der Waals surface area contributed by atoms with Gasteiger partial charge in [0.15, 0.2) is 0 Å². The molecule has 0 spiro atoms. The highest BCUT2D eigenvalue weighted by atomic mass is 35.5. The standard InChI is InChI=1S/C33H26Cl2N4O3/c1-3-15-38-32(40)28(21(2)29(18-36)33(38)41)16-24-19-39(26-7-5-4-6-8-26)37-31(24)22-10-13-27(14-11-22)42-20-23-9-12-25(34)17-30(23)35/h4-14,16-17,19H,3,15,20H2,1-2H3/b28-16+. The van der Waals surface area contributed by atoms with Crippen molar-refractivity contribution in [1.82, 2.24) is 14.7 Å². The number of aromatic nitrogens is 2. The highest BCUT2D eigenvalue weighted by Crippen LogP contribution is 2.32. The van der Waals surface area contributed by atoms with Crippen molar-refractivity contribution in [3.8, 4) is 28.8 Å². The van der Waals surface area contributed by atoms with E-state index < -0.39 is 11.8 Å². The number of nitriles is 1. The fourth-order valence-corrected chi connectivity index (χ4v) is 5.11. The fourth-order valence-electron chi connectivity index (χ4n) is 4.65. The molecule has 0 unspecified atom stereocenters. The molecule has 0 saturated heterocycles. The summed E-state index contributed by atoms with van der Waals surface area (Å²) in [5.74, 6) is -0.350. The molecule has 0 aliphatic carbocycles. The minimum absolute atomic E-state index is 0.0337. The summed E-state index contributed by atoms with van der Waals surface area (Å²) in [6, 6.07) is 24.3. The van der Waals surface area contributed by atoms with Crippen LogP contribution in [0.3, 0.4) is 0 Å². The van der Waals surface area contributed by atoms with Crippen LogP contribution in [0.5, 0.6) is 5.75 Å². The van der Waals surface area contributed by atoms with Crippen LogP contribution in [0.25, 0.3) is 23.0 Å². The van der Waals surface area contributed by atoms with E-state index in [-0.39, 0.29) is 24.3 Å². The van der Waals surface area contributed by atoms with E-state index in [9.17, 15) is 14.9 Å². The summed E-state index contributed by atoms with van der Waals surface area (Å²) in [6.45, 7) is 4.01. The number of benzene rings is 3. The number of carbonyl (C=O) groups excluding carboxylic acids is 2. The Morgan fingerprint density at radius 1 is 1.00 bits per heavy atom. The lowest BCUT2D eigenvalue weighted by molar-refractivity contribution is -0.140. The lowest BCUT2D eigenvalue weighted by Crippen LogP contribution is -2.43. The van der Waals surface area contributed by atoms with Crippen LogP contribution >= 0.6 is 23.2 Å². The first-order chi connectivity index (χ1) is 20.3. The highest BCUT2D eigenvalue weighted by Gasteiger charge is 2.35. The predicted molar refractivity (Wildman–Crippen MR) is 163 cm³/mol. The van der Waals surface area contributed by atoms with Crippen LogP contribution in [0.15, 0.2) is 95.7 Å².